The van der Waals surface area contributed by atoms with Gasteiger partial charge in [0.15, 0.2) is 11.6 Å². The number of halogens is 1. The van der Waals surface area contributed by atoms with Crippen LogP contribution >= 0.6 is 15.9 Å². The molecule has 0 aromatic heterocycles. The molecule has 254 valence electrons. The molecule has 3 aromatic rings. The summed E-state index contributed by atoms with van der Waals surface area (Å²) < 4.78 is 10.2. The number of rotatable bonds is 14. The van der Waals surface area contributed by atoms with E-state index in [0.29, 0.717) is 0 Å². The molecule has 14 heteroatoms. The number of carbonyl (C=O) groups is 6. The minimum Gasteiger partial charge on any atom is -0.507 e. The first kappa shape index (κ1) is 37.2. The molecule has 0 radical (unpaired) electrons. The second kappa shape index (κ2) is 17.6. The number of carbonyl (C=O) groups excluding carboxylic acids is 6. The first-order valence-corrected chi connectivity index (χ1v) is 15.7. The van der Waals surface area contributed by atoms with Crippen LogP contribution in [0, 0.1) is 0 Å². The van der Waals surface area contributed by atoms with Crippen LogP contribution in [0.1, 0.15) is 59.5 Å². The molecule has 0 saturated carbocycles. The van der Waals surface area contributed by atoms with E-state index in [1.807, 2.05) is 12.1 Å². The SMILES string of the molecule is C[C@H](NC(=O)OCc1ccccc1)C(=O)N[C@@H](C)C(=O)c1ccc(O)c(Br)c1C(=O)[C@H](C)NC(=O)[C@H](C)NC(=O)OCc1ccccc1. The molecule has 3 aromatic carbocycles. The molecule has 0 fully saturated rings. The Hall–Kier alpha value is -5.24. The van der Waals surface area contributed by atoms with Crippen LogP contribution in [0.3, 0.4) is 0 Å². The summed E-state index contributed by atoms with van der Waals surface area (Å²) in [4.78, 5) is 77.0. The highest BCUT2D eigenvalue weighted by Crippen LogP contribution is 2.32. The van der Waals surface area contributed by atoms with Gasteiger partial charge in [0.25, 0.3) is 0 Å². The van der Waals surface area contributed by atoms with E-state index < -0.39 is 59.7 Å². The van der Waals surface area contributed by atoms with Crippen molar-refractivity contribution in [3.63, 3.8) is 0 Å². The van der Waals surface area contributed by atoms with Crippen molar-refractivity contribution in [1.29, 1.82) is 0 Å². The van der Waals surface area contributed by atoms with Crippen molar-refractivity contribution in [3.05, 3.63) is 99.5 Å². The van der Waals surface area contributed by atoms with Gasteiger partial charge in [-0.15, -0.1) is 0 Å². The number of ether oxygens (including phenoxy) is 2. The molecular formula is C34H37BrN4O9. The zero-order valence-corrected chi connectivity index (χ0v) is 28.3. The molecule has 0 aliphatic heterocycles. The Morgan fingerprint density at radius 2 is 1.02 bits per heavy atom. The van der Waals surface area contributed by atoms with Crippen LogP contribution in [0.5, 0.6) is 5.75 Å². The van der Waals surface area contributed by atoms with Crippen molar-refractivity contribution < 1.29 is 43.3 Å². The number of aromatic hydroxyl groups is 1. The fraction of sp³-hybridized carbons (Fsp3) is 0.294. The Labute approximate surface area is 285 Å². The van der Waals surface area contributed by atoms with Crippen molar-refractivity contribution in [3.8, 4) is 5.75 Å². The first-order chi connectivity index (χ1) is 22.8. The maximum Gasteiger partial charge on any atom is 0.408 e. The van der Waals surface area contributed by atoms with Crippen molar-refractivity contribution in [1.82, 2.24) is 21.3 Å². The molecule has 0 spiro atoms. The zero-order valence-electron chi connectivity index (χ0n) is 26.7. The summed E-state index contributed by atoms with van der Waals surface area (Å²) in [5, 5.41) is 20.1. The highest BCUT2D eigenvalue weighted by molar-refractivity contribution is 9.10. The number of alkyl carbamates (subject to hydrolysis) is 2. The van der Waals surface area contributed by atoms with Crippen LogP contribution in [-0.2, 0) is 32.3 Å². The molecule has 0 aliphatic rings. The summed E-state index contributed by atoms with van der Waals surface area (Å²) in [6, 6.07) is 15.8. The second-order valence-corrected chi connectivity index (χ2v) is 11.7. The number of nitrogens with one attached hydrogen (secondary N) is 4. The third kappa shape index (κ3) is 10.7. The highest BCUT2D eigenvalue weighted by atomic mass is 79.9. The normalized spacial score (nSPS) is 13.1. The minimum absolute atomic E-state index is 0.00195. The molecule has 0 heterocycles. The van der Waals surface area contributed by atoms with Gasteiger partial charge >= 0.3 is 12.2 Å². The number of Topliss-reactive ketones (excluding diaryl/α,β-unsaturated/α-hetero) is 2. The predicted octanol–water partition coefficient (Wildman–Crippen LogP) is 4.16. The predicted molar refractivity (Wildman–Crippen MR) is 178 cm³/mol. The van der Waals surface area contributed by atoms with Gasteiger partial charge in [-0.25, -0.2) is 9.59 Å². The lowest BCUT2D eigenvalue weighted by atomic mass is 9.93. The van der Waals surface area contributed by atoms with E-state index in [9.17, 15) is 33.9 Å². The largest absolute Gasteiger partial charge is 0.507 e. The van der Waals surface area contributed by atoms with Crippen molar-refractivity contribution in [2.75, 3.05) is 0 Å². The lowest BCUT2D eigenvalue weighted by molar-refractivity contribution is -0.123. The van der Waals surface area contributed by atoms with Gasteiger partial charge in [0.1, 0.15) is 31.0 Å². The van der Waals surface area contributed by atoms with Gasteiger partial charge in [-0.3, -0.25) is 19.2 Å². The van der Waals surface area contributed by atoms with Crippen molar-refractivity contribution >= 4 is 51.5 Å². The summed E-state index contributed by atoms with van der Waals surface area (Å²) in [5.74, 6) is -3.15. The van der Waals surface area contributed by atoms with Crippen LogP contribution in [0.2, 0.25) is 0 Å². The van der Waals surface area contributed by atoms with Crippen LogP contribution in [0.15, 0.2) is 77.3 Å². The Morgan fingerprint density at radius 1 is 0.604 bits per heavy atom. The number of amides is 4. The van der Waals surface area contributed by atoms with Crippen LogP contribution in [-0.4, -0.2) is 64.8 Å². The number of ketones is 2. The van der Waals surface area contributed by atoms with Crippen LogP contribution in [0.4, 0.5) is 9.59 Å². The van der Waals surface area contributed by atoms with Gasteiger partial charge in [0.05, 0.1) is 16.6 Å². The van der Waals surface area contributed by atoms with Crippen LogP contribution < -0.4 is 21.3 Å². The van der Waals surface area contributed by atoms with Crippen LogP contribution in [0.25, 0.3) is 0 Å². The monoisotopic (exact) mass is 724 g/mol. The van der Waals surface area contributed by atoms with Gasteiger partial charge in [0, 0.05) is 11.1 Å². The highest BCUT2D eigenvalue weighted by Gasteiger charge is 2.31. The third-order valence-electron chi connectivity index (χ3n) is 7.02. The second-order valence-electron chi connectivity index (χ2n) is 10.9. The fourth-order valence-electron chi connectivity index (χ4n) is 4.28. The Morgan fingerprint density at radius 3 is 1.46 bits per heavy atom. The van der Waals surface area contributed by atoms with E-state index in [0.717, 1.165) is 11.1 Å². The molecular weight excluding hydrogens is 688 g/mol. The molecule has 0 saturated heterocycles. The van der Waals surface area contributed by atoms with E-state index in [2.05, 4.69) is 37.2 Å². The standard InChI is InChI=1S/C34H37BrN4O9/c1-19(36-31(43)21(3)38-33(45)47-17-23-11-7-5-8-12-23)29(41)25-15-16-26(40)28(35)27(25)30(42)20(2)37-32(44)22(4)39-34(46)48-18-24-13-9-6-10-14-24/h5-16,19-22,40H,17-18H2,1-4H3,(H,36,43)(H,37,44)(H,38,45)(H,39,46)/t19-,20-,21-,22-/m0/s1. The third-order valence-corrected chi connectivity index (χ3v) is 7.82. The van der Waals surface area contributed by atoms with E-state index in [1.54, 1.807) is 48.5 Å². The summed E-state index contributed by atoms with van der Waals surface area (Å²) in [6.07, 6.45) is -1.67. The summed E-state index contributed by atoms with van der Waals surface area (Å²) in [7, 11) is 0. The molecule has 48 heavy (non-hydrogen) atoms. The van der Waals surface area contributed by atoms with E-state index in [1.165, 1.54) is 39.8 Å². The van der Waals surface area contributed by atoms with Gasteiger partial charge in [0.2, 0.25) is 11.8 Å². The fourth-order valence-corrected chi connectivity index (χ4v) is 4.82. The maximum atomic E-state index is 13.6. The topological polar surface area (TPSA) is 189 Å². The Balaban J connectivity index is 1.60. The molecule has 4 atom stereocenters. The molecule has 4 amide bonds. The Bertz CT molecular complexity index is 1640. The van der Waals surface area contributed by atoms with E-state index in [-0.39, 0.29) is 34.6 Å². The van der Waals surface area contributed by atoms with E-state index in [4.69, 9.17) is 9.47 Å². The summed E-state index contributed by atoms with van der Waals surface area (Å²) in [6.45, 7) is 5.57. The molecule has 0 unspecified atom stereocenters. The average molecular weight is 726 g/mol. The smallest absolute Gasteiger partial charge is 0.408 e. The quantitative estimate of drug-likeness (QED) is 0.152. The Kier molecular flexibility index (Phi) is 13.7. The first-order valence-electron chi connectivity index (χ1n) is 14.9. The molecule has 3 rings (SSSR count). The number of phenols is 1. The minimum atomic E-state index is -1.21. The molecule has 13 nitrogen and oxygen atoms in total. The molecule has 0 aliphatic carbocycles. The maximum absolute atomic E-state index is 13.6. The lowest BCUT2D eigenvalue weighted by Gasteiger charge is -2.21. The number of hydrogen-bond donors (Lipinski definition) is 5. The average Bonchev–Trinajstić information content (AvgIpc) is 3.07. The number of hydrogen-bond acceptors (Lipinski definition) is 9. The zero-order chi connectivity index (χ0) is 35.4. The van der Waals surface area contributed by atoms with Crippen molar-refractivity contribution in [2.24, 2.45) is 0 Å². The van der Waals surface area contributed by atoms with E-state index >= 15 is 0 Å². The molecule has 0 bridgehead atoms. The van der Waals surface area contributed by atoms with Crippen molar-refractivity contribution in [2.45, 2.75) is 65.1 Å². The number of benzene rings is 3. The van der Waals surface area contributed by atoms with Gasteiger partial charge in [-0.2, -0.15) is 0 Å². The van der Waals surface area contributed by atoms with Gasteiger partial charge < -0.3 is 35.8 Å². The summed E-state index contributed by atoms with van der Waals surface area (Å²) in [5.41, 5.74) is 1.14. The number of phenolic OH excluding ortho intramolecular Hbond substituents is 1. The summed E-state index contributed by atoms with van der Waals surface area (Å²) >= 11 is 3.16. The van der Waals surface area contributed by atoms with Gasteiger partial charge in [-0.05, 0) is 66.9 Å². The molecule has 5 N–H and O–H groups in total. The van der Waals surface area contributed by atoms with Gasteiger partial charge in [-0.1, -0.05) is 60.7 Å². The lowest BCUT2D eigenvalue weighted by Crippen LogP contribution is -2.50.